The number of halogens is 2. The van der Waals surface area contributed by atoms with E-state index in [1.807, 2.05) is 0 Å². The number of nitrogens with zero attached hydrogens (tertiary/aromatic N) is 2. The lowest BCUT2D eigenvalue weighted by Crippen LogP contribution is -2.22. The Labute approximate surface area is 189 Å². The third-order valence-corrected chi connectivity index (χ3v) is 4.55. The Hall–Kier alpha value is -3.72. The van der Waals surface area contributed by atoms with Crippen LogP contribution in [0.25, 0.3) is 0 Å². The number of hydrogen-bond acceptors (Lipinski definition) is 7. The molecular formula is C24H23F2N3O4. The molecule has 0 radical (unpaired) electrons. The molecule has 2 heterocycles. The molecule has 1 aromatic carbocycles. The first-order chi connectivity index (χ1) is 15.8. The van der Waals surface area contributed by atoms with Gasteiger partial charge in [0.05, 0.1) is 0 Å². The van der Waals surface area contributed by atoms with Crippen LogP contribution in [0.15, 0.2) is 54.9 Å². The Balaban J connectivity index is 1.68. The maximum absolute atomic E-state index is 13.0. The lowest BCUT2D eigenvalue weighted by molar-refractivity contribution is -0.0244. The summed E-state index contributed by atoms with van der Waals surface area (Å²) in [6.45, 7) is 2.24. The minimum atomic E-state index is -2.95. The molecule has 2 aromatic heterocycles. The Morgan fingerprint density at radius 3 is 2.58 bits per heavy atom. The van der Waals surface area contributed by atoms with Gasteiger partial charge in [-0.3, -0.25) is 4.79 Å². The van der Waals surface area contributed by atoms with E-state index in [-0.39, 0.29) is 18.1 Å². The number of aryl methyl sites for hydroxylation is 1. The van der Waals surface area contributed by atoms with Gasteiger partial charge < -0.3 is 14.8 Å². The van der Waals surface area contributed by atoms with Gasteiger partial charge in [-0.25, -0.2) is 23.5 Å². The highest BCUT2D eigenvalue weighted by atomic mass is 19.3. The van der Waals surface area contributed by atoms with E-state index in [2.05, 4.69) is 15.3 Å². The zero-order chi connectivity index (χ0) is 23.8. The van der Waals surface area contributed by atoms with Crippen molar-refractivity contribution in [1.29, 1.82) is 0 Å². The summed E-state index contributed by atoms with van der Waals surface area (Å²) >= 11 is 0. The maximum atomic E-state index is 13.0. The zero-order valence-electron chi connectivity index (χ0n) is 18.2. The van der Waals surface area contributed by atoms with E-state index >= 15 is 0 Å². The van der Waals surface area contributed by atoms with Gasteiger partial charge in [-0.2, -0.15) is 0 Å². The molecule has 1 N–H and O–H groups in total. The van der Waals surface area contributed by atoms with Gasteiger partial charge in [0.2, 0.25) is 5.88 Å². The number of rotatable bonds is 10. The molecule has 9 heteroatoms. The molecule has 3 rings (SSSR count). The van der Waals surface area contributed by atoms with Crippen molar-refractivity contribution in [1.82, 2.24) is 15.3 Å². The van der Waals surface area contributed by atoms with Crippen molar-refractivity contribution in [3.63, 3.8) is 0 Å². The second kappa shape index (κ2) is 10.7. The molecule has 172 valence electrons. The molecule has 0 amide bonds. The van der Waals surface area contributed by atoms with Gasteiger partial charge in [-0.05, 0) is 36.8 Å². The highest BCUT2D eigenvalue weighted by Crippen LogP contribution is 2.20. The molecular weight excluding hydrogens is 432 g/mol. The van der Waals surface area contributed by atoms with Crippen LogP contribution in [0, 0.1) is 6.92 Å². The van der Waals surface area contributed by atoms with Gasteiger partial charge in [0.15, 0.2) is 18.6 Å². The molecule has 0 saturated carbocycles. The van der Waals surface area contributed by atoms with Gasteiger partial charge >= 0.3 is 5.97 Å². The van der Waals surface area contributed by atoms with Gasteiger partial charge in [0.25, 0.3) is 5.92 Å². The lowest BCUT2D eigenvalue weighted by atomic mass is 10.1. The predicted molar refractivity (Wildman–Crippen MR) is 117 cm³/mol. The Morgan fingerprint density at radius 1 is 1.15 bits per heavy atom. The van der Waals surface area contributed by atoms with Gasteiger partial charge in [-0.15, -0.1) is 0 Å². The van der Waals surface area contributed by atoms with Crippen molar-refractivity contribution in [2.75, 3.05) is 6.61 Å². The number of ether oxygens (including phenoxy) is 2. The SMILES string of the molecule is Cc1cc(CNCc2c(C=O)ccnc2C(=O)Oc2ccccc2)cnc1OCC(C)(F)F. The van der Waals surface area contributed by atoms with Gasteiger partial charge in [0.1, 0.15) is 5.75 Å². The molecule has 3 aromatic rings. The zero-order valence-corrected chi connectivity index (χ0v) is 18.2. The highest BCUT2D eigenvalue weighted by Gasteiger charge is 2.23. The van der Waals surface area contributed by atoms with Crippen molar-refractivity contribution in [3.05, 3.63) is 82.8 Å². The van der Waals surface area contributed by atoms with Crippen LogP contribution < -0.4 is 14.8 Å². The number of aromatic nitrogens is 2. The number of nitrogens with one attached hydrogen (secondary N) is 1. The number of carbonyl (C=O) groups excluding carboxylic acids is 2. The van der Waals surface area contributed by atoms with Crippen LogP contribution in [0.2, 0.25) is 0 Å². The standard InChI is InChI=1S/C24H23F2N3O4/c1-16-10-17(12-29-22(16)32-15-24(2,25)26)11-27-13-20-18(14-30)8-9-28-21(20)23(31)33-19-6-4-3-5-7-19/h3-10,12,14,27H,11,13,15H2,1-2H3. The first kappa shape index (κ1) is 23.9. The first-order valence-electron chi connectivity index (χ1n) is 10.1. The Bertz CT molecular complexity index is 1120. The molecule has 0 bridgehead atoms. The topological polar surface area (TPSA) is 90.4 Å². The minimum Gasteiger partial charge on any atom is -0.471 e. The average Bonchev–Trinajstić information content (AvgIpc) is 2.78. The van der Waals surface area contributed by atoms with E-state index in [0.29, 0.717) is 35.3 Å². The van der Waals surface area contributed by atoms with Gasteiger partial charge in [0, 0.05) is 49.1 Å². The monoisotopic (exact) mass is 455 g/mol. The summed E-state index contributed by atoms with van der Waals surface area (Å²) in [4.78, 5) is 32.4. The number of para-hydroxylation sites is 1. The van der Waals surface area contributed by atoms with Crippen LogP contribution in [-0.2, 0) is 13.1 Å². The summed E-state index contributed by atoms with van der Waals surface area (Å²) in [7, 11) is 0. The van der Waals surface area contributed by atoms with E-state index in [9.17, 15) is 18.4 Å². The number of hydrogen-bond donors (Lipinski definition) is 1. The van der Waals surface area contributed by atoms with Crippen molar-refractivity contribution < 1.29 is 27.8 Å². The van der Waals surface area contributed by atoms with Crippen molar-refractivity contribution in [2.24, 2.45) is 0 Å². The molecule has 0 spiro atoms. The minimum absolute atomic E-state index is 0.0366. The van der Waals surface area contributed by atoms with Crippen molar-refractivity contribution in [2.45, 2.75) is 32.9 Å². The highest BCUT2D eigenvalue weighted by molar-refractivity contribution is 5.93. The molecule has 33 heavy (non-hydrogen) atoms. The molecule has 0 aliphatic carbocycles. The second-order valence-electron chi connectivity index (χ2n) is 7.48. The normalized spacial score (nSPS) is 11.2. The van der Waals surface area contributed by atoms with E-state index in [1.165, 1.54) is 18.5 Å². The average molecular weight is 455 g/mol. The lowest BCUT2D eigenvalue weighted by Gasteiger charge is -2.14. The Morgan fingerprint density at radius 2 is 1.91 bits per heavy atom. The molecule has 0 saturated heterocycles. The fourth-order valence-corrected chi connectivity index (χ4v) is 3.02. The second-order valence-corrected chi connectivity index (χ2v) is 7.48. The van der Waals surface area contributed by atoms with E-state index in [0.717, 1.165) is 12.5 Å². The smallest absolute Gasteiger partial charge is 0.362 e. The maximum Gasteiger partial charge on any atom is 0.362 e. The van der Waals surface area contributed by atoms with Crippen LogP contribution in [0.1, 0.15) is 44.5 Å². The molecule has 7 nitrogen and oxygen atoms in total. The van der Waals surface area contributed by atoms with Crippen LogP contribution in [0.5, 0.6) is 11.6 Å². The summed E-state index contributed by atoms with van der Waals surface area (Å²) in [6.07, 6.45) is 3.54. The largest absolute Gasteiger partial charge is 0.471 e. The molecule has 0 aliphatic heterocycles. The summed E-state index contributed by atoms with van der Waals surface area (Å²) in [5.74, 6) is -3.12. The fraction of sp³-hybridized carbons (Fsp3) is 0.250. The fourth-order valence-electron chi connectivity index (χ4n) is 3.02. The summed E-state index contributed by atoms with van der Waals surface area (Å²) in [5, 5.41) is 3.15. The number of esters is 1. The first-order valence-corrected chi connectivity index (χ1v) is 10.1. The predicted octanol–water partition coefficient (Wildman–Crippen LogP) is 4.14. The van der Waals surface area contributed by atoms with Crippen LogP contribution in [-0.4, -0.2) is 34.8 Å². The van der Waals surface area contributed by atoms with E-state index < -0.39 is 18.5 Å². The summed E-state index contributed by atoms with van der Waals surface area (Å²) in [5.41, 5.74) is 2.14. The van der Waals surface area contributed by atoms with Crippen LogP contribution in [0.4, 0.5) is 8.78 Å². The van der Waals surface area contributed by atoms with Crippen molar-refractivity contribution in [3.8, 4) is 11.6 Å². The van der Waals surface area contributed by atoms with Crippen LogP contribution in [0.3, 0.4) is 0 Å². The summed E-state index contributed by atoms with van der Waals surface area (Å²) < 4.78 is 36.4. The number of pyridine rings is 2. The molecule has 0 fully saturated rings. The van der Waals surface area contributed by atoms with Crippen LogP contribution >= 0.6 is 0 Å². The quantitative estimate of drug-likeness (QED) is 0.279. The van der Waals surface area contributed by atoms with Crippen molar-refractivity contribution >= 4 is 12.3 Å². The van der Waals surface area contributed by atoms with E-state index in [1.54, 1.807) is 43.3 Å². The molecule has 0 unspecified atom stereocenters. The number of aldehydes is 1. The summed E-state index contributed by atoms with van der Waals surface area (Å²) in [6, 6.07) is 11.8. The number of alkyl halides is 2. The number of benzene rings is 1. The number of carbonyl (C=O) groups is 2. The Kier molecular flexibility index (Phi) is 7.78. The molecule has 0 aliphatic rings. The van der Waals surface area contributed by atoms with E-state index in [4.69, 9.17) is 9.47 Å². The third kappa shape index (κ3) is 6.88. The third-order valence-electron chi connectivity index (χ3n) is 4.55. The molecule has 0 atom stereocenters. The van der Waals surface area contributed by atoms with Gasteiger partial charge in [-0.1, -0.05) is 18.2 Å².